The summed E-state index contributed by atoms with van der Waals surface area (Å²) in [4.78, 5) is 12.4. The summed E-state index contributed by atoms with van der Waals surface area (Å²) >= 11 is 12.0. The molecule has 0 fully saturated rings. The molecule has 25 heavy (non-hydrogen) atoms. The Morgan fingerprint density at radius 2 is 1.60 bits per heavy atom. The molecule has 0 aliphatic carbocycles. The first-order valence-electron chi connectivity index (χ1n) is 7.36. The Morgan fingerprint density at radius 1 is 0.920 bits per heavy atom. The first kappa shape index (κ1) is 17.1. The van der Waals surface area contributed by atoms with E-state index in [2.05, 4.69) is 5.32 Å². The Morgan fingerprint density at radius 3 is 2.36 bits per heavy atom. The maximum Gasteiger partial charge on any atom is 0.259 e. The highest BCUT2D eigenvalue weighted by Crippen LogP contribution is 2.34. The van der Waals surface area contributed by atoms with Crippen LogP contribution in [0.5, 0.6) is 17.2 Å². The van der Waals surface area contributed by atoms with Crippen LogP contribution in [0.2, 0.25) is 10.0 Å². The predicted octanol–water partition coefficient (Wildman–Crippen LogP) is 5.74. The van der Waals surface area contributed by atoms with Gasteiger partial charge in [-0.15, -0.1) is 0 Å². The van der Waals surface area contributed by atoms with E-state index in [1.807, 2.05) is 0 Å². The molecule has 0 saturated heterocycles. The van der Waals surface area contributed by atoms with Crippen LogP contribution in [0.1, 0.15) is 10.4 Å². The molecule has 0 atom stereocenters. The van der Waals surface area contributed by atoms with Crippen LogP contribution < -0.4 is 10.1 Å². The molecule has 0 unspecified atom stereocenters. The van der Waals surface area contributed by atoms with Crippen molar-refractivity contribution in [2.75, 3.05) is 5.32 Å². The first-order valence-corrected chi connectivity index (χ1v) is 8.11. The van der Waals surface area contributed by atoms with Gasteiger partial charge in [0.15, 0.2) is 5.75 Å². The van der Waals surface area contributed by atoms with E-state index < -0.39 is 5.91 Å². The minimum atomic E-state index is -0.504. The van der Waals surface area contributed by atoms with Gasteiger partial charge in [0.05, 0.1) is 16.3 Å². The SMILES string of the molecule is O=C(Nc1ccccc1Oc1ccccc1Cl)c1cc(Cl)ccc1O. The standard InChI is InChI=1S/C19H13Cl2NO3/c20-12-9-10-16(23)13(11-12)19(24)22-15-6-2-4-8-18(15)25-17-7-3-1-5-14(17)21/h1-11,23H,(H,22,24). The third-order valence-corrected chi connectivity index (χ3v) is 3.94. The molecule has 6 heteroatoms. The quantitative estimate of drug-likeness (QED) is 0.612. The summed E-state index contributed by atoms with van der Waals surface area (Å²) in [5, 5.41) is 13.4. The Kier molecular flexibility index (Phi) is 5.12. The first-order chi connectivity index (χ1) is 12.0. The molecule has 4 nitrogen and oxygen atoms in total. The van der Waals surface area contributed by atoms with Gasteiger partial charge in [-0.3, -0.25) is 4.79 Å². The summed E-state index contributed by atoms with van der Waals surface area (Å²) < 4.78 is 5.80. The van der Waals surface area contributed by atoms with E-state index in [1.54, 1.807) is 48.5 Å². The molecule has 3 aromatic rings. The number of rotatable bonds is 4. The van der Waals surface area contributed by atoms with Crippen LogP contribution in [0, 0.1) is 0 Å². The Labute approximate surface area is 154 Å². The second kappa shape index (κ2) is 7.47. The summed E-state index contributed by atoms with van der Waals surface area (Å²) in [7, 11) is 0. The van der Waals surface area contributed by atoms with E-state index in [9.17, 15) is 9.90 Å². The molecule has 3 rings (SSSR count). The van der Waals surface area contributed by atoms with Crippen molar-refractivity contribution in [1.82, 2.24) is 0 Å². The molecule has 0 bridgehead atoms. The van der Waals surface area contributed by atoms with Gasteiger partial charge in [0.1, 0.15) is 11.5 Å². The predicted molar refractivity (Wildman–Crippen MR) is 99.0 cm³/mol. The molecule has 0 heterocycles. The third-order valence-electron chi connectivity index (χ3n) is 3.40. The smallest absolute Gasteiger partial charge is 0.259 e. The van der Waals surface area contributed by atoms with Gasteiger partial charge in [-0.25, -0.2) is 0 Å². The Hall–Kier alpha value is -2.69. The number of hydrogen-bond donors (Lipinski definition) is 2. The number of phenols is 1. The lowest BCUT2D eigenvalue weighted by Crippen LogP contribution is -2.12. The number of benzene rings is 3. The Balaban J connectivity index is 1.87. The minimum absolute atomic E-state index is 0.0695. The zero-order valence-electron chi connectivity index (χ0n) is 12.9. The normalized spacial score (nSPS) is 10.3. The molecule has 0 aliphatic rings. The van der Waals surface area contributed by atoms with Crippen molar-refractivity contribution in [3.63, 3.8) is 0 Å². The molecule has 0 aromatic heterocycles. The average molecular weight is 374 g/mol. The summed E-state index contributed by atoms with van der Waals surface area (Å²) in [5.41, 5.74) is 0.506. The molecule has 126 valence electrons. The number of hydrogen-bond acceptors (Lipinski definition) is 3. The van der Waals surface area contributed by atoms with Crippen LogP contribution in [-0.2, 0) is 0 Å². The van der Waals surface area contributed by atoms with E-state index in [1.165, 1.54) is 18.2 Å². The Bertz CT molecular complexity index is 928. The number of halogens is 2. The van der Waals surface area contributed by atoms with Crippen molar-refractivity contribution in [2.24, 2.45) is 0 Å². The number of aromatic hydroxyl groups is 1. The lowest BCUT2D eigenvalue weighted by atomic mass is 10.2. The monoisotopic (exact) mass is 373 g/mol. The zero-order valence-corrected chi connectivity index (χ0v) is 14.4. The van der Waals surface area contributed by atoms with E-state index in [0.29, 0.717) is 27.2 Å². The van der Waals surface area contributed by atoms with Crippen LogP contribution in [0.3, 0.4) is 0 Å². The molecule has 0 aliphatic heterocycles. The number of amides is 1. The maximum absolute atomic E-state index is 12.4. The van der Waals surface area contributed by atoms with Crippen molar-refractivity contribution in [1.29, 1.82) is 0 Å². The maximum atomic E-state index is 12.4. The molecule has 2 N–H and O–H groups in total. The number of para-hydroxylation sites is 3. The zero-order chi connectivity index (χ0) is 17.8. The number of ether oxygens (including phenoxy) is 1. The van der Waals surface area contributed by atoms with Gasteiger partial charge in [-0.1, -0.05) is 47.5 Å². The third kappa shape index (κ3) is 4.05. The van der Waals surface area contributed by atoms with Gasteiger partial charge in [-0.05, 0) is 42.5 Å². The molecular weight excluding hydrogens is 361 g/mol. The molecule has 0 saturated carbocycles. The van der Waals surface area contributed by atoms with Crippen LogP contribution in [0.4, 0.5) is 5.69 Å². The molecule has 0 radical (unpaired) electrons. The van der Waals surface area contributed by atoms with E-state index in [0.717, 1.165) is 0 Å². The second-order valence-corrected chi connectivity index (χ2v) is 5.99. The fraction of sp³-hybridized carbons (Fsp3) is 0. The highest BCUT2D eigenvalue weighted by Gasteiger charge is 2.15. The van der Waals surface area contributed by atoms with Crippen molar-refractivity contribution < 1.29 is 14.6 Å². The van der Waals surface area contributed by atoms with Crippen LogP contribution in [-0.4, -0.2) is 11.0 Å². The number of phenolic OH excluding ortho intramolecular Hbond substituents is 1. The summed E-state index contributed by atoms with van der Waals surface area (Å²) in [5.74, 6) is 0.226. The van der Waals surface area contributed by atoms with E-state index >= 15 is 0 Å². The summed E-state index contributed by atoms with van der Waals surface area (Å²) in [6.45, 7) is 0. The van der Waals surface area contributed by atoms with Gasteiger partial charge in [0.25, 0.3) is 5.91 Å². The van der Waals surface area contributed by atoms with Gasteiger partial charge in [-0.2, -0.15) is 0 Å². The van der Waals surface area contributed by atoms with Crippen LogP contribution in [0.15, 0.2) is 66.7 Å². The van der Waals surface area contributed by atoms with Crippen molar-refractivity contribution in [3.8, 4) is 17.2 Å². The van der Waals surface area contributed by atoms with Gasteiger partial charge in [0.2, 0.25) is 0 Å². The van der Waals surface area contributed by atoms with Gasteiger partial charge < -0.3 is 15.2 Å². The van der Waals surface area contributed by atoms with Crippen molar-refractivity contribution in [2.45, 2.75) is 0 Å². The highest BCUT2D eigenvalue weighted by molar-refractivity contribution is 6.32. The van der Waals surface area contributed by atoms with Crippen LogP contribution in [0.25, 0.3) is 0 Å². The molecule has 3 aromatic carbocycles. The van der Waals surface area contributed by atoms with Crippen molar-refractivity contribution in [3.05, 3.63) is 82.3 Å². The minimum Gasteiger partial charge on any atom is -0.507 e. The van der Waals surface area contributed by atoms with Gasteiger partial charge in [0, 0.05) is 5.02 Å². The number of anilines is 1. The largest absolute Gasteiger partial charge is 0.507 e. The van der Waals surface area contributed by atoms with E-state index in [-0.39, 0.29) is 11.3 Å². The lowest BCUT2D eigenvalue weighted by molar-refractivity contribution is 0.102. The molecule has 1 amide bonds. The van der Waals surface area contributed by atoms with E-state index in [4.69, 9.17) is 27.9 Å². The van der Waals surface area contributed by atoms with Gasteiger partial charge >= 0.3 is 0 Å². The van der Waals surface area contributed by atoms with Crippen LogP contribution >= 0.6 is 23.2 Å². The molecular formula is C19H13Cl2NO3. The average Bonchev–Trinajstić information content (AvgIpc) is 2.60. The number of nitrogens with one attached hydrogen (secondary N) is 1. The molecule has 0 spiro atoms. The number of carbonyl (C=O) groups is 1. The van der Waals surface area contributed by atoms with Crippen molar-refractivity contribution >= 4 is 34.8 Å². The number of carbonyl (C=O) groups excluding carboxylic acids is 1. The summed E-state index contributed by atoms with van der Waals surface area (Å²) in [6.07, 6.45) is 0. The highest BCUT2D eigenvalue weighted by atomic mass is 35.5. The fourth-order valence-corrected chi connectivity index (χ4v) is 2.53. The second-order valence-electron chi connectivity index (χ2n) is 5.14. The topological polar surface area (TPSA) is 58.6 Å². The lowest BCUT2D eigenvalue weighted by Gasteiger charge is -2.13. The summed E-state index contributed by atoms with van der Waals surface area (Å²) in [6, 6.07) is 18.2. The fourth-order valence-electron chi connectivity index (χ4n) is 2.18.